The van der Waals surface area contributed by atoms with Crippen LogP contribution in [0.3, 0.4) is 0 Å². The van der Waals surface area contributed by atoms with Crippen LogP contribution in [0.15, 0.2) is 30.3 Å². The van der Waals surface area contributed by atoms with Gasteiger partial charge in [-0.3, -0.25) is 4.79 Å². The van der Waals surface area contributed by atoms with Crippen LogP contribution in [-0.2, 0) is 20.9 Å². The first kappa shape index (κ1) is 13.7. The molecule has 0 aliphatic heterocycles. The molecule has 1 rings (SSSR count). The Hall–Kier alpha value is -1.35. The molecular weight excluding hydrogens is 216 g/mol. The lowest BCUT2D eigenvalue weighted by atomic mass is 10.2. The molecule has 3 heteroatoms. The Bertz CT molecular complexity index is 338. The number of ether oxygens (including phenoxy) is 2. The predicted octanol–water partition coefficient (Wildman–Crippen LogP) is 2.94. The first-order valence-corrected chi connectivity index (χ1v) is 5.81. The van der Waals surface area contributed by atoms with Gasteiger partial charge in [0.25, 0.3) is 0 Å². The number of hydrogen-bond acceptors (Lipinski definition) is 3. The van der Waals surface area contributed by atoms with Crippen LogP contribution in [0.25, 0.3) is 0 Å². The molecule has 0 unspecified atom stereocenters. The maximum atomic E-state index is 11.4. The number of hydrogen-bond donors (Lipinski definition) is 0. The highest BCUT2D eigenvalue weighted by atomic mass is 16.6. The zero-order valence-electron chi connectivity index (χ0n) is 10.7. The van der Waals surface area contributed by atoms with Gasteiger partial charge >= 0.3 is 5.97 Å². The Balaban J connectivity index is 2.14. The molecule has 0 fully saturated rings. The predicted molar refractivity (Wildman–Crippen MR) is 66.6 cm³/mol. The summed E-state index contributed by atoms with van der Waals surface area (Å²) >= 11 is 0. The summed E-state index contributed by atoms with van der Waals surface area (Å²) in [7, 11) is 0. The van der Waals surface area contributed by atoms with Gasteiger partial charge in [0.15, 0.2) is 0 Å². The average Bonchev–Trinajstić information content (AvgIpc) is 2.23. The molecule has 94 valence electrons. The summed E-state index contributed by atoms with van der Waals surface area (Å²) < 4.78 is 10.6. The van der Waals surface area contributed by atoms with Gasteiger partial charge < -0.3 is 9.47 Å². The van der Waals surface area contributed by atoms with Gasteiger partial charge in [-0.05, 0) is 26.3 Å². The van der Waals surface area contributed by atoms with Crippen molar-refractivity contribution in [1.29, 1.82) is 0 Å². The minimum absolute atomic E-state index is 0.217. The largest absolute Gasteiger partial charge is 0.460 e. The first-order valence-electron chi connectivity index (χ1n) is 5.81. The summed E-state index contributed by atoms with van der Waals surface area (Å²) in [5, 5.41) is 0. The van der Waals surface area contributed by atoms with Crippen molar-refractivity contribution in [2.24, 2.45) is 0 Å². The zero-order chi connectivity index (χ0) is 12.7. The van der Waals surface area contributed by atoms with E-state index in [-0.39, 0.29) is 5.97 Å². The van der Waals surface area contributed by atoms with E-state index in [2.05, 4.69) is 0 Å². The highest BCUT2D eigenvalue weighted by molar-refractivity contribution is 5.69. The van der Waals surface area contributed by atoms with Crippen molar-refractivity contribution in [2.45, 2.75) is 39.4 Å². The fourth-order valence-corrected chi connectivity index (χ4v) is 1.31. The lowest BCUT2D eigenvalue weighted by Gasteiger charge is -2.19. The molecule has 0 amide bonds. The molecule has 0 aliphatic rings. The third-order valence-electron chi connectivity index (χ3n) is 1.98. The zero-order valence-corrected chi connectivity index (χ0v) is 10.7. The van der Waals surface area contributed by atoms with Crippen molar-refractivity contribution in [3.63, 3.8) is 0 Å². The van der Waals surface area contributed by atoms with E-state index in [1.54, 1.807) is 0 Å². The topological polar surface area (TPSA) is 35.5 Å². The molecule has 3 nitrogen and oxygen atoms in total. The monoisotopic (exact) mass is 236 g/mol. The minimum Gasteiger partial charge on any atom is -0.460 e. The SMILES string of the molecule is CC(C)(C)OC(=O)CCOCc1ccccc1. The van der Waals surface area contributed by atoms with E-state index in [0.717, 1.165) is 5.56 Å². The summed E-state index contributed by atoms with van der Waals surface area (Å²) in [6, 6.07) is 9.88. The Labute approximate surface area is 103 Å². The van der Waals surface area contributed by atoms with Crippen LogP contribution in [0.2, 0.25) is 0 Å². The molecule has 0 spiro atoms. The van der Waals surface area contributed by atoms with Crippen molar-refractivity contribution in [1.82, 2.24) is 0 Å². The van der Waals surface area contributed by atoms with Crippen molar-refractivity contribution in [3.05, 3.63) is 35.9 Å². The molecule has 17 heavy (non-hydrogen) atoms. The van der Waals surface area contributed by atoms with Crippen LogP contribution < -0.4 is 0 Å². The van der Waals surface area contributed by atoms with Gasteiger partial charge in [0.1, 0.15) is 5.60 Å². The van der Waals surface area contributed by atoms with Gasteiger partial charge in [0.05, 0.1) is 19.6 Å². The standard InChI is InChI=1S/C14H20O3/c1-14(2,3)17-13(15)9-10-16-11-12-7-5-4-6-8-12/h4-8H,9-11H2,1-3H3. The van der Waals surface area contributed by atoms with Gasteiger partial charge in [-0.1, -0.05) is 30.3 Å². The van der Waals surface area contributed by atoms with Gasteiger partial charge in [-0.2, -0.15) is 0 Å². The van der Waals surface area contributed by atoms with Gasteiger partial charge in [0.2, 0.25) is 0 Å². The second kappa shape index (κ2) is 6.40. The fourth-order valence-electron chi connectivity index (χ4n) is 1.31. The smallest absolute Gasteiger partial charge is 0.308 e. The van der Waals surface area contributed by atoms with E-state index in [1.165, 1.54) is 0 Å². The third kappa shape index (κ3) is 6.74. The first-order chi connectivity index (χ1) is 7.97. The maximum Gasteiger partial charge on any atom is 0.308 e. The summed E-state index contributed by atoms with van der Waals surface area (Å²) in [6.07, 6.45) is 0.296. The molecule has 0 radical (unpaired) electrons. The Morgan fingerprint density at radius 2 is 1.82 bits per heavy atom. The number of rotatable bonds is 5. The van der Waals surface area contributed by atoms with Crippen LogP contribution >= 0.6 is 0 Å². The highest BCUT2D eigenvalue weighted by Gasteiger charge is 2.15. The Morgan fingerprint density at radius 1 is 1.18 bits per heavy atom. The van der Waals surface area contributed by atoms with E-state index in [1.807, 2.05) is 51.1 Å². The van der Waals surface area contributed by atoms with Crippen molar-refractivity contribution >= 4 is 5.97 Å². The molecule has 1 aromatic rings. The van der Waals surface area contributed by atoms with Crippen molar-refractivity contribution in [2.75, 3.05) is 6.61 Å². The summed E-state index contributed by atoms with van der Waals surface area (Å²) in [5.41, 5.74) is 0.688. The quantitative estimate of drug-likeness (QED) is 0.582. The molecule has 0 saturated heterocycles. The van der Waals surface area contributed by atoms with E-state index < -0.39 is 5.60 Å². The van der Waals surface area contributed by atoms with Crippen LogP contribution in [0.5, 0.6) is 0 Å². The third-order valence-corrected chi connectivity index (χ3v) is 1.98. The number of carbonyl (C=O) groups excluding carboxylic acids is 1. The minimum atomic E-state index is -0.420. The molecule has 0 bridgehead atoms. The normalized spacial score (nSPS) is 11.2. The molecule has 0 heterocycles. The molecule has 0 atom stereocenters. The van der Waals surface area contributed by atoms with Crippen molar-refractivity contribution < 1.29 is 14.3 Å². The van der Waals surface area contributed by atoms with E-state index in [4.69, 9.17) is 9.47 Å². The van der Waals surface area contributed by atoms with Gasteiger partial charge in [0, 0.05) is 0 Å². The summed E-state index contributed by atoms with van der Waals surface area (Å²) in [6.45, 7) is 6.49. The summed E-state index contributed by atoms with van der Waals surface area (Å²) in [4.78, 5) is 11.4. The molecule has 0 saturated carbocycles. The molecule has 0 aliphatic carbocycles. The van der Waals surface area contributed by atoms with Crippen LogP contribution in [0, 0.1) is 0 Å². The molecule has 0 aromatic heterocycles. The summed E-state index contributed by atoms with van der Waals surface area (Å²) in [5.74, 6) is -0.217. The fraction of sp³-hybridized carbons (Fsp3) is 0.500. The van der Waals surface area contributed by atoms with Gasteiger partial charge in [-0.25, -0.2) is 0 Å². The average molecular weight is 236 g/mol. The molecular formula is C14H20O3. The maximum absolute atomic E-state index is 11.4. The van der Waals surface area contributed by atoms with E-state index in [0.29, 0.717) is 19.6 Å². The van der Waals surface area contributed by atoms with E-state index in [9.17, 15) is 4.79 Å². The second-order valence-electron chi connectivity index (χ2n) is 4.87. The lowest BCUT2D eigenvalue weighted by molar-refractivity contribution is -0.156. The number of esters is 1. The second-order valence-corrected chi connectivity index (χ2v) is 4.87. The lowest BCUT2D eigenvalue weighted by Crippen LogP contribution is -2.24. The highest BCUT2D eigenvalue weighted by Crippen LogP contribution is 2.08. The van der Waals surface area contributed by atoms with Crippen LogP contribution in [-0.4, -0.2) is 18.2 Å². The van der Waals surface area contributed by atoms with Crippen LogP contribution in [0.4, 0.5) is 0 Å². The van der Waals surface area contributed by atoms with E-state index >= 15 is 0 Å². The van der Waals surface area contributed by atoms with Gasteiger partial charge in [-0.15, -0.1) is 0 Å². The number of benzene rings is 1. The van der Waals surface area contributed by atoms with Crippen LogP contribution in [0.1, 0.15) is 32.8 Å². The number of carbonyl (C=O) groups is 1. The van der Waals surface area contributed by atoms with Crippen molar-refractivity contribution in [3.8, 4) is 0 Å². The Morgan fingerprint density at radius 3 is 2.41 bits per heavy atom. The molecule has 0 N–H and O–H groups in total. The Kier molecular flexibility index (Phi) is 5.16. The molecule has 1 aromatic carbocycles.